The molecular formula is C18H18Cl2N6OS. The second-order valence-electron chi connectivity index (χ2n) is 6.59. The molecule has 146 valence electrons. The van der Waals surface area contributed by atoms with E-state index in [0.717, 1.165) is 30.8 Å². The van der Waals surface area contributed by atoms with Crippen molar-refractivity contribution in [3.8, 4) is 10.7 Å². The number of nitrogens with zero attached hydrogens (tertiary/aromatic N) is 5. The van der Waals surface area contributed by atoms with Gasteiger partial charge in [0.05, 0.1) is 28.2 Å². The molecule has 10 heteroatoms. The van der Waals surface area contributed by atoms with Gasteiger partial charge in [-0.25, -0.2) is 0 Å². The van der Waals surface area contributed by atoms with E-state index in [1.54, 1.807) is 34.3 Å². The van der Waals surface area contributed by atoms with Crippen LogP contribution in [0.25, 0.3) is 10.7 Å². The molecule has 1 aliphatic rings. The zero-order valence-corrected chi connectivity index (χ0v) is 17.2. The van der Waals surface area contributed by atoms with E-state index in [0.29, 0.717) is 28.1 Å². The molecular weight excluding hydrogens is 419 g/mol. The molecule has 0 saturated carbocycles. The van der Waals surface area contributed by atoms with Crippen LogP contribution in [0.2, 0.25) is 10.0 Å². The zero-order chi connectivity index (χ0) is 19.5. The largest absolute Gasteiger partial charge is 0.324 e. The van der Waals surface area contributed by atoms with Gasteiger partial charge in [-0.3, -0.25) is 9.69 Å². The molecule has 28 heavy (non-hydrogen) atoms. The van der Waals surface area contributed by atoms with E-state index in [-0.39, 0.29) is 11.9 Å². The molecule has 3 aromatic rings. The molecule has 1 aromatic carbocycles. The Kier molecular flexibility index (Phi) is 5.91. The number of hydrogen-bond acceptors (Lipinski definition) is 6. The summed E-state index contributed by atoms with van der Waals surface area (Å²) in [5.41, 5.74) is 0.568. The van der Waals surface area contributed by atoms with Crippen molar-refractivity contribution < 1.29 is 4.79 Å². The third-order valence-corrected chi connectivity index (χ3v) is 6.04. The molecule has 0 radical (unpaired) electrons. The predicted octanol–water partition coefficient (Wildman–Crippen LogP) is 3.98. The van der Waals surface area contributed by atoms with Gasteiger partial charge in [-0.05, 0) is 47.7 Å². The van der Waals surface area contributed by atoms with Crippen LogP contribution in [0.15, 0.2) is 35.7 Å². The Bertz CT molecular complexity index is 953. The van der Waals surface area contributed by atoms with E-state index >= 15 is 0 Å². The van der Waals surface area contributed by atoms with E-state index in [1.165, 1.54) is 0 Å². The number of tetrazole rings is 1. The van der Waals surface area contributed by atoms with Gasteiger partial charge in [0, 0.05) is 18.1 Å². The van der Waals surface area contributed by atoms with Crippen molar-refractivity contribution in [2.75, 3.05) is 25.0 Å². The Morgan fingerprint density at radius 3 is 2.79 bits per heavy atom. The van der Waals surface area contributed by atoms with Gasteiger partial charge in [0.25, 0.3) is 0 Å². The molecule has 0 unspecified atom stereocenters. The SMILES string of the molecule is O=C(CN1CCC(n2nnc(-c3cccs3)n2)CC1)Nc1ccc(Cl)cc1Cl. The Morgan fingerprint density at radius 2 is 2.07 bits per heavy atom. The Balaban J connectivity index is 1.29. The van der Waals surface area contributed by atoms with Crippen LogP contribution in [0.5, 0.6) is 0 Å². The number of carbonyl (C=O) groups is 1. The van der Waals surface area contributed by atoms with Crippen LogP contribution in [0.1, 0.15) is 18.9 Å². The summed E-state index contributed by atoms with van der Waals surface area (Å²) in [4.78, 5) is 17.2. The first-order valence-corrected chi connectivity index (χ1v) is 10.5. The number of rotatable bonds is 5. The number of halogens is 2. The summed E-state index contributed by atoms with van der Waals surface area (Å²) in [6, 6.07) is 9.17. The predicted molar refractivity (Wildman–Crippen MR) is 111 cm³/mol. The molecule has 2 aromatic heterocycles. The van der Waals surface area contributed by atoms with Crippen LogP contribution >= 0.6 is 34.5 Å². The summed E-state index contributed by atoms with van der Waals surface area (Å²) in [5, 5.41) is 18.7. The van der Waals surface area contributed by atoms with Crippen LogP contribution in [0, 0.1) is 0 Å². The van der Waals surface area contributed by atoms with Gasteiger partial charge in [-0.2, -0.15) is 4.80 Å². The molecule has 4 rings (SSSR count). The van der Waals surface area contributed by atoms with Crippen LogP contribution in [-0.4, -0.2) is 50.6 Å². The highest BCUT2D eigenvalue weighted by atomic mass is 35.5. The minimum absolute atomic E-state index is 0.0958. The number of thiophene rings is 1. The maximum atomic E-state index is 12.3. The van der Waals surface area contributed by atoms with Gasteiger partial charge in [-0.15, -0.1) is 21.5 Å². The van der Waals surface area contributed by atoms with Crippen molar-refractivity contribution in [2.45, 2.75) is 18.9 Å². The number of benzene rings is 1. The Hall–Kier alpha value is -2.00. The van der Waals surface area contributed by atoms with Gasteiger partial charge in [0.15, 0.2) is 0 Å². The van der Waals surface area contributed by atoms with Crippen LogP contribution in [-0.2, 0) is 4.79 Å². The molecule has 3 heterocycles. The molecule has 7 nitrogen and oxygen atoms in total. The van der Waals surface area contributed by atoms with Crippen molar-refractivity contribution in [3.63, 3.8) is 0 Å². The van der Waals surface area contributed by atoms with E-state index in [1.807, 2.05) is 17.5 Å². The molecule has 1 N–H and O–H groups in total. The zero-order valence-electron chi connectivity index (χ0n) is 14.9. The minimum atomic E-state index is -0.0958. The normalized spacial score (nSPS) is 15.6. The molecule has 0 atom stereocenters. The van der Waals surface area contributed by atoms with Crippen molar-refractivity contribution in [3.05, 3.63) is 45.8 Å². The fourth-order valence-corrected chi connectivity index (χ4v) is 4.28. The minimum Gasteiger partial charge on any atom is -0.324 e. The smallest absolute Gasteiger partial charge is 0.238 e. The summed E-state index contributed by atoms with van der Waals surface area (Å²) in [7, 11) is 0. The topological polar surface area (TPSA) is 75.9 Å². The molecule has 0 bridgehead atoms. The molecule has 1 fully saturated rings. The lowest BCUT2D eigenvalue weighted by atomic mass is 10.1. The number of likely N-dealkylation sites (tertiary alicyclic amines) is 1. The standard InChI is InChI=1S/C18H18Cl2N6OS/c19-12-3-4-15(14(20)10-12)21-17(27)11-25-7-5-13(6-8-25)26-23-18(22-24-26)16-2-1-9-28-16/h1-4,9-10,13H,5-8,11H2,(H,21,27). The van der Waals surface area contributed by atoms with Crippen molar-refractivity contribution in [1.29, 1.82) is 0 Å². The average molecular weight is 437 g/mol. The summed E-state index contributed by atoms with van der Waals surface area (Å²) >= 11 is 13.6. The second-order valence-corrected chi connectivity index (χ2v) is 8.38. The fourth-order valence-electron chi connectivity index (χ4n) is 3.18. The summed E-state index contributed by atoms with van der Waals surface area (Å²) < 4.78 is 0. The highest BCUT2D eigenvalue weighted by Crippen LogP contribution is 2.26. The second kappa shape index (κ2) is 8.57. The Labute approximate surface area is 176 Å². The van der Waals surface area contributed by atoms with Crippen LogP contribution < -0.4 is 5.32 Å². The average Bonchev–Trinajstić information content (AvgIpc) is 3.36. The maximum absolute atomic E-state index is 12.3. The van der Waals surface area contributed by atoms with Gasteiger partial charge >= 0.3 is 0 Å². The van der Waals surface area contributed by atoms with Crippen LogP contribution in [0.3, 0.4) is 0 Å². The van der Waals surface area contributed by atoms with Crippen LogP contribution in [0.4, 0.5) is 5.69 Å². The van der Waals surface area contributed by atoms with Crippen molar-refractivity contribution >= 4 is 46.1 Å². The van der Waals surface area contributed by atoms with E-state index in [4.69, 9.17) is 23.2 Å². The van der Waals surface area contributed by atoms with Gasteiger partial charge < -0.3 is 5.32 Å². The summed E-state index contributed by atoms with van der Waals surface area (Å²) in [5.74, 6) is 0.568. The van der Waals surface area contributed by atoms with Gasteiger partial charge in [0.2, 0.25) is 11.7 Å². The molecule has 0 spiro atoms. The van der Waals surface area contributed by atoms with Gasteiger partial charge in [-0.1, -0.05) is 29.3 Å². The number of aromatic nitrogens is 4. The lowest BCUT2D eigenvalue weighted by molar-refractivity contribution is -0.117. The molecule has 0 aliphatic carbocycles. The summed E-state index contributed by atoms with van der Waals surface area (Å²) in [6.07, 6.45) is 1.74. The number of anilines is 1. The highest BCUT2D eigenvalue weighted by molar-refractivity contribution is 7.13. The number of hydrogen-bond donors (Lipinski definition) is 1. The van der Waals surface area contributed by atoms with E-state index in [9.17, 15) is 4.79 Å². The summed E-state index contributed by atoms with van der Waals surface area (Å²) in [6.45, 7) is 1.90. The lowest BCUT2D eigenvalue weighted by Crippen LogP contribution is -2.40. The maximum Gasteiger partial charge on any atom is 0.238 e. The molecule has 1 saturated heterocycles. The monoisotopic (exact) mass is 436 g/mol. The number of piperidine rings is 1. The number of nitrogens with one attached hydrogen (secondary N) is 1. The highest BCUT2D eigenvalue weighted by Gasteiger charge is 2.24. The quantitative estimate of drug-likeness (QED) is 0.654. The number of carbonyl (C=O) groups excluding carboxylic acids is 1. The first kappa shape index (κ1) is 19.3. The van der Waals surface area contributed by atoms with E-state index < -0.39 is 0 Å². The third kappa shape index (κ3) is 4.52. The van der Waals surface area contributed by atoms with Crippen molar-refractivity contribution in [2.24, 2.45) is 0 Å². The third-order valence-electron chi connectivity index (χ3n) is 4.63. The fraction of sp³-hybridized carbons (Fsp3) is 0.333. The first-order valence-electron chi connectivity index (χ1n) is 8.89. The molecule has 1 amide bonds. The van der Waals surface area contributed by atoms with Crippen molar-refractivity contribution in [1.82, 2.24) is 25.1 Å². The first-order chi connectivity index (χ1) is 13.6. The van der Waals surface area contributed by atoms with E-state index in [2.05, 4.69) is 25.6 Å². The molecule has 1 aliphatic heterocycles. The lowest BCUT2D eigenvalue weighted by Gasteiger charge is -2.30. The Morgan fingerprint density at radius 1 is 1.25 bits per heavy atom. The number of amides is 1. The van der Waals surface area contributed by atoms with Gasteiger partial charge in [0.1, 0.15) is 0 Å².